The maximum atomic E-state index is 3.62. The zero-order chi connectivity index (χ0) is 15.5. The summed E-state index contributed by atoms with van der Waals surface area (Å²) in [6.45, 7) is 12.0. The second-order valence-corrected chi connectivity index (χ2v) is 12.0. The van der Waals surface area contributed by atoms with Crippen molar-refractivity contribution in [3.63, 3.8) is 0 Å². The van der Waals surface area contributed by atoms with Gasteiger partial charge >= 0.3 is 130 Å². The molecule has 0 aliphatic rings. The number of para-hydroxylation sites is 2. The van der Waals surface area contributed by atoms with Crippen LogP contribution in [0.2, 0.25) is 0 Å². The van der Waals surface area contributed by atoms with Gasteiger partial charge in [-0.1, -0.05) is 0 Å². The fourth-order valence-electron chi connectivity index (χ4n) is 3.03. The third-order valence-corrected chi connectivity index (χ3v) is 11.4. The van der Waals surface area contributed by atoms with E-state index in [0.717, 1.165) is 17.0 Å². The molecule has 1 N–H and O–H groups in total. The molecule has 0 heterocycles. The molecule has 1 nitrogen and oxygen atoms in total. The number of nitrogens with one attached hydrogen (secondary N) is 1. The van der Waals surface area contributed by atoms with Crippen molar-refractivity contribution in [2.24, 2.45) is 0 Å². The summed E-state index contributed by atoms with van der Waals surface area (Å²) in [4.78, 5) is 0. The molecule has 0 saturated carbocycles. The third kappa shape index (κ3) is 3.30. The van der Waals surface area contributed by atoms with Crippen molar-refractivity contribution in [3.05, 3.63) is 54.6 Å². The molecule has 2 aromatic rings. The molecule has 0 radical (unpaired) electrons. The molecular weight excluding hydrogens is 273 g/mol. The van der Waals surface area contributed by atoms with Gasteiger partial charge in [-0.2, -0.15) is 0 Å². The van der Waals surface area contributed by atoms with Crippen molar-refractivity contribution in [2.75, 3.05) is 12.0 Å². The van der Waals surface area contributed by atoms with Crippen LogP contribution in [0, 0.1) is 0 Å². The van der Waals surface area contributed by atoms with E-state index in [2.05, 4.69) is 94.3 Å². The van der Waals surface area contributed by atoms with Gasteiger partial charge in [0.1, 0.15) is 0 Å². The van der Waals surface area contributed by atoms with E-state index in [9.17, 15) is 0 Å². The summed E-state index contributed by atoms with van der Waals surface area (Å²) in [5, 5.41) is 5.16. The molecule has 2 rings (SSSR count). The molecule has 2 aromatic carbocycles. The average molecular weight is 301 g/mol. The van der Waals surface area contributed by atoms with Gasteiger partial charge in [0.25, 0.3) is 0 Å². The minimum atomic E-state index is -1.54. The molecular formula is C19H28NP. The van der Waals surface area contributed by atoms with Gasteiger partial charge in [-0.15, -0.1) is 0 Å². The van der Waals surface area contributed by atoms with Gasteiger partial charge in [0, 0.05) is 0 Å². The van der Waals surface area contributed by atoms with Crippen LogP contribution in [0.3, 0.4) is 0 Å². The van der Waals surface area contributed by atoms with Crippen LogP contribution in [-0.2, 0) is 0 Å². The van der Waals surface area contributed by atoms with E-state index >= 15 is 0 Å². The number of benzene rings is 2. The molecule has 0 atom stereocenters. The van der Waals surface area contributed by atoms with Crippen molar-refractivity contribution in [2.45, 2.75) is 39.0 Å². The van der Waals surface area contributed by atoms with Crippen molar-refractivity contribution in [1.29, 1.82) is 0 Å². The second kappa shape index (κ2) is 6.62. The Morgan fingerprint density at radius 2 is 1.29 bits per heavy atom. The van der Waals surface area contributed by atoms with E-state index < -0.39 is 7.26 Å². The Morgan fingerprint density at radius 1 is 0.762 bits per heavy atom. The molecule has 114 valence electrons. The van der Waals surface area contributed by atoms with Crippen LogP contribution in [0.25, 0.3) is 0 Å². The van der Waals surface area contributed by atoms with Crippen LogP contribution in [0.5, 0.6) is 0 Å². The van der Waals surface area contributed by atoms with Crippen molar-refractivity contribution in [1.82, 2.24) is 0 Å². The third-order valence-electron chi connectivity index (χ3n) is 4.96. The number of anilines is 2. The van der Waals surface area contributed by atoms with Gasteiger partial charge in [-0.05, 0) is 0 Å². The van der Waals surface area contributed by atoms with E-state index in [-0.39, 0.29) is 0 Å². The van der Waals surface area contributed by atoms with Crippen LogP contribution < -0.4 is 10.6 Å². The zero-order valence-corrected chi connectivity index (χ0v) is 14.9. The number of hydrogen-bond donors (Lipinski definition) is 1. The molecule has 0 amide bonds. The van der Waals surface area contributed by atoms with Crippen LogP contribution in [-0.4, -0.2) is 18.0 Å². The van der Waals surface area contributed by atoms with E-state index in [1.807, 2.05) is 0 Å². The zero-order valence-electron chi connectivity index (χ0n) is 13.9. The first-order valence-electron chi connectivity index (χ1n) is 7.87. The Bertz CT molecular complexity index is 567. The molecule has 0 unspecified atom stereocenters. The normalized spacial score (nSPS) is 12.7. The van der Waals surface area contributed by atoms with Crippen LogP contribution in [0.4, 0.5) is 11.4 Å². The molecule has 0 fully saturated rings. The van der Waals surface area contributed by atoms with Crippen molar-refractivity contribution in [3.8, 4) is 0 Å². The second-order valence-electron chi connectivity index (χ2n) is 6.63. The van der Waals surface area contributed by atoms with E-state index in [4.69, 9.17) is 0 Å². The van der Waals surface area contributed by atoms with Crippen LogP contribution in [0.15, 0.2) is 54.6 Å². The van der Waals surface area contributed by atoms with Gasteiger partial charge in [0.2, 0.25) is 0 Å². The quantitative estimate of drug-likeness (QED) is 0.744. The molecule has 0 aromatic heterocycles. The number of rotatable bonds is 5. The first-order chi connectivity index (χ1) is 9.96. The molecule has 0 saturated heterocycles. The van der Waals surface area contributed by atoms with Gasteiger partial charge < -0.3 is 0 Å². The topological polar surface area (TPSA) is 12.0 Å². The summed E-state index contributed by atoms with van der Waals surface area (Å²) < 4.78 is 0. The Kier molecular flexibility index (Phi) is 5.06. The first kappa shape index (κ1) is 16.0. The minimum absolute atomic E-state index is 0.719. The predicted octanol–water partition coefficient (Wildman–Crippen LogP) is 5.25. The van der Waals surface area contributed by atoms with Crippen molar-refractivity contribution < 1.29 is 0 Å². The Hall–Kier alpha value is -1.33. The van der Waals surface area contributed by atoms with E-state index in [1.165, 1.54) is 5.69 Å². The van der Waals surface area contributed by atoms with E-state index in [1.54, 1.807) is 5.30 Å². The fourth-order valence-corrected chi connectivity index (χ4v) is 6.79. The average Bonchev–Trinajstić information content (AvgIpc) is 2.47. The predicted molar refractivity (Wildman–Crippen MR) is 100 cm³/mol. The summed E-state index contributed by atoms with van der Waals surface area (Å²) in [7, 11) is -1.54. The molecule has 2 heteroatoms. The molecule has 0 spiro atoms. The molecule has 0 aliphatic carbocycles. The fraction of sp³-hybridized carbons (Fsp3) is 0.368. The number of hydrogen-bond acceptors (Lipinski definition) is 1. The Labute approximate surface area is 130 Å². The van der Waals surface area contributed by atoms with E-state index in [0.29, 0.717) is 0 Å². The summed E-state index contributed by atoms with van der Waals surface area (Å²) in [5.41, 5.74) is 3.88. The summed E-state index contributed by atoms with van der Waals surface area (Å²) >= 11 is 0. The van der Waals surface area contributed by atoms with Crippen LogP contribution in [0.1, 0.15) is 27.7 Å². The standard InChI is InChI=1S/C19H28NP/c1-15(2)21(5,16(3)4)19-14-10-9-13-18(19)20-17-11-7-6-8-12-17/h6-16,20-21H,1-5H3. The maximum absolute atomic E-state index is 3.62. The van der Waals surface area contributed by atoms with Gasteiger partial charge in [0.15, 0.2) is 0 Å². The Morgan fingerprint density at radius 3 is 1.86 bits per heavy atom. The SMILES string of the molecule is CC(C)[PH](C)(c1ccccc1Nc1ccccc1)C(C)C. The van der Waals surface area contributed by atoms with Gasteiger partial charge in [0.05, 0.1) is 0 Å². The van der Waals surface area contributed by atoms with Gasteiger partial charge in [-0.3, -0.25) is 0 Å². The summed E-state index contributed by atoms with van der Waals surface area (Å²) in [6, 6.07) is 19.3. The Balaban J connectivity index is 2.45. The monoisotopic (exact) mass is 301 g/mol. The van der Waals surface area contributed by atoms with Gasteiger partial charge in [-0.25, -0.2) is 0 Å². The molecule has 0 bridgehead atoms. The summed E-state index contributed by atoms with van der Waals surface area (Å²) in [5.74, 6) is 0. The summed E-state index contributed by atoms with van der Waals surface area (Å²) in [6.07, 6.45) is 0. The molecule has 21 heavy (non-hydrogen) atoms. The van der Waals surface area contributed by atoms with Crippen LogP contribution >= 0.6 is 7.26 Å². The van der Waals surface area contributed by atoms with Crippen molar-refractivity contribution >= 4 is 23.9 Å². The molecule has 0 aliphatic heterocycles. The first-order valence-corrected chi connectivity index (χ1v) is 10.5.